The number of hydrogen-bond donors (Lipinski definition) is 1. The molecule has 3 aromatic rings. The topological polar surface area (TPSA) is 91.2 Å². The number of aromatic nitrogens is 4. The number of anilines is 1. The molecule has 0 atom stereocenters. The third-order valence-electron chi connectivity index (χ3n) is 4.48. The smallest absolute Gasteiger partial charge is 0.260 e. The standard InChI is InChI=1S/C24H27N5O3/c1-4-7-15-31-18-11-12-21(32-14-6-3)19(16-18)24(30)27-22-10-8-9-20(26-22)23-28-25-17-29(23)13-5-2/h5-6,8-12,16-17H,2-4,7,13-15H2,1H3,(H,26,27,30). The maximum Gasteiger partial charge on any atom is 0.260 e. The third-order valence-corrected chi connectivity index (χ3v) is 4.48. The minimum Gasteiger partial charge on any atom is -0.494 e. The summed E-state index contributed by atoms with van der Waals surface area (Å²) in [7, 11) is 0. The second-order valence-corrected chi connectivity index (χ2v) is 6.92. The van der Waals surface area contributed by atoms with E-state index in [1.165, 1.54) is 0 Å². The predicted octanol–water partition coefficient (Wildman–Crippen LogP) is 4.52. The molecule has 0 bridgehead atoms. The Kier molecular flexibility index (Phi) is 8.14. The maximum atomic E-state index is 13.1. The highest BCUT2D eigenvalue weighted by Gasteiger charge is 2.16. The number of carbonyl (C=O) groups excluding carboxylic acids is 1. The molecule has 32 heavy (non-hydrogen) atoms. The van der Waals surface area contributed by atoms with Gasteiger partial charge in [-0.3, -0.25) is 4.79 Å². The van der Waals surface area contributed by atoms with Crippen LogP contribution in [0.2, 0.25) is 0 Å². The van der Waals surface area contributed by atoms with E-state index >= 15 is 0 Å². The minimum absolute atomic E-state index is 0.281. The Morgan fingerprint density at radius 1 is 1.19 bits per heavy atom. The third kappa shape index (κ3) is 5.81. The van der Waals surface area contributed by atoms with Crippen LogP contribution in [0, 0.1) is 0 Å². The lowest BCUT2D eigenvalue weighted by atomic mass is 10.1. The summed E-state index contributed by atoms with van der Waals surface area (Å²) in [4.78, 5) is 17.6. The summed E-state index contributed by atoms with van der Waals surface area (Å²) in [6, 6.07) is 10.5. The zero-order valence-corrected chi connectivity index (χ0v) is 18.2. The second kappa shape index (κ2) is 11.5. The molecule has 8 heteroatoms. The zero-order valence-electron chi connectivity index (χ0n) is 18.2. The molecule has 1 amide bonds. The number of nitrogens with one attached hydrogen (secondary N) is 1. The molecule has 1 N–H and O–H groups in total. The lowest BCUT2D eigenvalue weighted by Crippen LogP contribution is -2.15. The lowest BCUT2D eigenvalue weighted by Gasteiger charge is -2.13. The molecule has 166 valence electrons. The van der Waals surface area contributed by atoms with E-state index in [1.807, 2.05) is 4.57 Å². The van der Waals surface area contributed by atoms with Gasteiger partial charge in [0.05, 0.1) is 12.2 Å². The Hall–Kier alpha value is -3.94. The number of rotatable bonds is 12. The van der Waals surface area contributed by atoms with Gasteiger partial charge in [-0.1, -0.05) is 38.1 Å². The van der Waals surface area contributed by atoms with E-state index < -0.39 is 0 Å². The summed E-state index contributed by atoms with van der Waals surface area (Å²) in [5.41, 5.74) is 0.935. The average molecular weight is 434 g/mol. The Morgan fingerprint density at radius 2 is 2.06 bits per heavy atom. The Balaban J connectivity index is 1.83. The van der Waals surface area contributed by atoms with Gasteiger partial charge in [0.15, 0.2) is 5.82 Å². The van der Waals surface area contributed by atoms with Crippen LogP contribution in [0.4, 0.5) is 5.82 Å². The molecule has 0 aliphatic rings. The second-order valence-electron chi connectivity index (χ2n) is 6.92. The first kappa shape index (κ1) is 22.7. The summed E-state index contributed by atoms with van der Waals surface area (Å²) in [6.07, 6.45) is 6.94. The molecule has 0 fully saturated rings. The highest BCUT2D eigenvalue weighted by molar-refractivity contribution is 6.06. The largest absolute Gasteiger partial charge is 0.494 e. The van der Waals surface area contributed by atoms with Gasteiger partial charge in [-0.05, 0) is 36.8 Å². The Labute approximate surface area is 187 Å². The van der Waals surface area contributed by atoms with Crippen LogP contribution in [0.5, 0.6) is 11.5 Å². The van der Waals surface area contributed by atoms with Gasteiger partial charge in [0, 0.05) is 6.54 Å². The van der Waals surface area contributed by atoms with Gasteiger partial charge < -0.3 is 19.4 Å². The van der Waals surface area contributed by atoms with Crippen LogP contribution in [0.25, 0.3) is 11.5 Å². The van der Waals surface area contributed by atoms with Gasteiger partial charge in [0.25, 0.3) is 5.91 Å². The highest BCUT2D eigenvalue weighted by Crippen LogP contribution is 2.26. The van der Waals surface area contributed by atoms with Crippen LogP contribution in [0.1, 0.15) is 30.1 Å². The van der Waals surface area contributed by atoms with Crippen molar-refractivity contribution in [1.29, 1.82) is 0 Å². The molecule has 2 heterocycles. The SMILES string of the molecule is C=CCOc1ccc(OCCCC)cc1C(=O)Nc1cccc(-c2nncn2CC=C)n1. The number of hydrogen-bond acceptors (Lipinski definition) is 6. The molecule has 0 saturated carbocycles. The number of pyridine rings is 1. The normalized spacial score (nSPS) is 10.4. The van der Waals surface area contributed by atoms with E-state index in [1.54, 1.807) is 54.9 Å². The predicted molar refractivity (Wildman–Crippen MR) is 124 cm³/mol. The zero-order chi connectivity index (χ0) is 22.8. The van der Waals surface area contributed by atoms with Crippen molar-refractivity contribution in [1.82, 2.24) is 19.7 Å². The number of allylic oxidation sites excluding steroid dienone is 1. The number of carbonyl (C=O) groups is 1. The molecule has 1 aromatic carbocycles. The molecule has 0 aliphatic carbocycles. The van der Waals surface area contributed by atoms with E-state index in [0.717, 1.165) is 12.8 Å². The average Bonchev–Trinajstić information content (AvgIpc) is 3.27. The van der Waals surface area contributed by atoms with Crippen molar-refractivity contribution >= 4 is 11.7 Å². The van der Waals surface area contributed by atoms with Crippen molar-refractivity contribution in [3.05, 3.63) is 73.6 Å². The quantitative estimate of drug-likeness (QED) is 0.333. The summed E-state index contributed by atoms with van der Waals surface area (Å²) < 4.78 is 13.2. The summed E-state index contributed by atoms with van der Waals surface area (Å²) in [6.45, 7) is 10.9. The first-order valence-electron chi connectivity index (χ1n) is 10.4. The number of nitrogens with zero attached hydrogens (tertiary/aromatic N) is 4. The van der Waals surface area contributed by atoms with Gasteiger partial charge in [-0.2, -0.15) is 0 Å². The minimum atomic E-state index is -0.359. The molecular formula is C24H27N5O3. The molecular weight excluding hydrogens is 406 g/mol. The highest BCUT2D eigenvalue weighted by atomic mass is 16.5. The fourth-order valence-corrected chi connectivity index (χ4v) is 2.92. The van der Waals surface area contributed by atoms with E-state index in [4.69, 9.17) is 9.47 Å². The molecule has 3 rings (SSSR count). The fourth-order valence-electron chi connectivity index (χ4n) is 2.92. The van der Waals surface area contributed by atoms with Crippen LogP contribution < -0.4 is 14.8 Å². The monoisotopic (exact) mass is 433 g/mol. The van der Waals surface area contributed by atoms with Crippen LogP contribution in [0.3, 0.4) is 0 Å². The van der Waals surface area contributed by atoms with Gasteiger partial charge in [-0.25, -0.2) is 4.98 Å². The molecule has 0 radical (unpaired) electrons. The number of unbranched alkanes of at least 4 members (excludes halogenated alkanes) is 1. The van der Waals surface area contributed by atoms with Crippen LogP contribution in [0.15, 0.2) is 68.0 Å². The van der Waals surface area contributed by atoms with Crippen molar-refractivity contribution in [2.45, 2.75) is 26.3 Å². The molecule has 0 aliphatic heterocycles. The number of ether oxygens (including phenoxy) is 2. The molecule has 0 spiro atoms. The van der Waals surface area contributed by atoms with Gasteiger partial charge in [0.2, 0.25) is 0 Å². The molecule has 0 unspecified atom stereocenters. The van der Waals surface area contributed by atoms with Crippen molar-refractivity contribution in [2.24, 2.45) is 0 Å². The van der Waals surface area contributed by atoms with Gasteiger partial charge in [0.1, 0.15) is 35.9 Å². The molecule has 0 saturated heterocycles. The van der Waals surface area contributed by atoms with Crippen molar-refractivity contribution in [3.63, 3.8) is 0 Å². The maximum absolute atomic E-state index is 13.1. The summed E-state index contributed by atoms with van der Waals surface area (Å²) in [5.74, 6) is 1.65. The van der Waals surface area contributed by atoms with Gasteiger partial charge in [-0.15, -0.1) is 16.8 Å². The fraction of sp³-hybridized carbons (Fsp3) is 0.250. The molecule has 2 aromatic heterocycles. The van der Waals surface area contributed by atoms with E-state index in [-0.39, 0.29) is 12.5 Å². The van der Waals surface area contributed by atoms with Crippen LogP contribution >= 0.6 is 0 Å². The van der Waals surface area contributed by atoms with Crippen molar-refractivity contribution in [3.8, 4) is 23.0 Å². The van der Waals surface area contributed by atoms with Crippen LogP contribution in [-0.4, -0.2) is 38.9 Å². The van der Waals surface area contributed by atoms with Crippen molar-refractivity contribution in [2.75, 3.05) is 18.5 Å². The Morgan fingerprint density at radius 3 is 2.84 bits per heavy atom. The van der Waals surface area contributed by atoms with Crippen molar-refractivity contribution < 1.29 is 14.3 Å². The summed E-state index contributed by atoms with van der Waals surface area (Å²) in [5, 5.41) is 10.9. The first-order chi connectivity index (χ1) is 15.7. The van der Waals surface area contributed by atoms with E-state index in [0.29, 0.717) is 47.6 Å². The van der Waals surface area contributed by atoms with E-state index in [9.17, 15) is 4.79 Å². The lowest BCUT2D eigenvalue weighted by molar-refractivity contribution is 0.102. The van der Waals surface area contributed by atoms with E-state index in [2.05, 4.69) is 40.6 Å². The van der Waals surface area contributed by atoms with Crippen LogP contribution in [-0.2, 0) is 6.54 Å². The number of amides is 1. The van der Waals surface area contributed by atoms with Gasteiger partial charge >= 0.3 is 0 Å². The first-order valence-corrected chi connectivity index (χ1v) is 10.4. The molecule has 8 nitrogen and oxygen atoms in total. The Bertz CT molecular complexity index is 1080. The summed E-state index contributed by atoms with van der Waals surface area (Å²) >= 11 is 0. The number of benzene rings is 1.